The van der Waals surface area contributed by atoms with Gasteiger partial charge >= 0.3 is 11.7 Å². The molecule has 6 heteroatoms. The number of hydrogen-bond donors (Lipinski definition) is 2. The van der Waals surface area contributed by atoms with Gasteiger partial charge in [-0.15, -0.1) is 0 Å². The van der Waals surface area contributed by atoms with E-state index in [1.165, 1.54) is 18.2 Å². The van der Waals surface area contributed by atoms with E-state index >= 15 is 0 Å². The van der Waals surface area contributed by atoms with Gasteiger partial charge in [0.15, 0.2) is 5.75 Å². The number of phenolic OH excluding ortho intramolecular Hbond substituents is 1. The maximum Gasteiger partial charge on any atom is 0.310 e. The smallest absolute Gasteiger partial charge is 0.310 e. The molecule has 0 amide bonds. The van der Waals surface area contributed by atoms with Crippen LogP contribution in [0.15, 0.2) is 18.2 Å². The minimum Gasteiger partial charge on any atom is -0.502 e. The van der Waals surface area contributed by atoms with Gasteiger partial charge in [0.25, 0.3) is 0 Å². The second kappa shape index (κ2) is 5.03. The molecule has 1 rings (SSSR count). The van der Waals surface area contributed by atoms with Crippen LogP contribution in [0.1, 0.15) is 25.8 Å². The van der Waals surface area contributed by atoms with Crippen molar-refractivity contribution in [3.05, 3.63) is 33.9 Å². The molecule has 0 fully saturated rings. The maximum atomic E-state index is 10.9. The highest BCUT2D eigenvalue weighted by Gasteiger charge is 2.26. The lowest BCUT2D eigenvalue weighted by Crippen LogP contribution is -2.24. The van der Waals surface area contributed by atoms with Gasteiger partial charge in [-0.25, -0.2) is 0 Å². The molecule has 0 bridgehead atoms. The van der Waals surface area contributed by atoms with Gasteiger partial charge in [-0.3, -0.25) is 14.9 Å². The first-order valence-electron chi connectivity index (χ1n) is 5.44. The number of nitro groups is 1. The third-order valence-electron chi connectivity index (χ3n) is 2.85. The largest absolute Gasteiger partial charge is 0.502 e. The molecule has 1 aromatic carbocycles. The lowest BCUT2D eigenvalue weighted by Gasteiger charge is -2.18. The van der Waals surface area contributed by atoms with Crippen LogP contribution in [0.3, 0.4) is 0 Å². The van der Waals surface area contributed by atoms with Crippen molar-refractivity contribution in [2.75, 3.05) is 0 Å². The Labute approximate surface area is 104 Å². The number of carboxylic acids is 1. The Bertz CT molecular complexity index is 481. The van der Waals surface area contributed by atoms with E-state index in [0.29, 0.717) is 18.4 Å². The zero-order valence-electron chi connectivity index (χ0n) is 10.2. The first-order valence-corrected chi connectivity index (χ1v) is 5.44. The van der Waals surface area contributed by atoms with Crippen LogP contribution >= 0.6 is 0 Å². The van der Waals surface area contributed by atoms with Crippen LogP contribution in [0.4, 0.5) is 5.69 Å². The number of aliphatic carboxylic acids is 1. The lowest BCUT2D eigenvalue weighted by atomic mass is 9.86. The van der Waals surface area contributed by atoms with Crippen LogP contribution in [0.5, 0.6) is 5.75 Å². The Hall–Kier alpha value is -2.11. The van der Waals surface area contributed by atoms with Crippen LogP contribution < -0.4 is 0 Å². The van der Waals surface area contributed by atoms with E-state index in [4.69, 9.17) is 5.11 Å². The van der Waals surface area contributed by atoms with Gasteiger partial charge in [0.05, 0.1) is 10.3 Å². The van der Waals surface area contributed by atoms with Crippen molar-refractivity contribution in [1.29, 1.82) is 0 Å². The summed E-state index contributed by atoms with van der Waals surface area (Å²) in [5.41, 5.74) is -0.541. The molecule has 0 saturated carbocycles. The normalized spacial score (nSPS) is 11.2. The van der Waals surface area contributed by atoms with Crippen LogP contribution in [-0.2, 0) is 11.2 Å². The molecule has 6 nitrogen and oxygen atoms in total. The molecule has 0 unspecified atom stereocenters. The second-order valence-electron chi connectivity index (χ2n) is 4.77. The lowest BCUT2D eigenvalue weighted by molar-refractivity contribution is -0.385. The Morgan fingerprint density at radius 2 is 2.06 bits per heavy atom. The summed E-state index contributed by atoms with van der Waals surface area (Å²) in [6.45, 7) is 3.22. The number of aryl methyl sites for hydroxylation is 1. The first-order chi connectivity index (χ1) is 8.24. The Balaban J connectivity index is 2.79. The summed E-state index contributed by atoms with van der Waals surface area (Å²) in [7, 11) is 0. The van der Waals surface area contributed by atoms with Crippen molar-refractivity contribution in [2.45, 2.75) is 26.7 Å². The third-order valence-corrected chi connectivity index (χ3v) is 2.85. The van der Waals surface area contributed by atoms with E-state index in [0.717, 1.165) is 0 Å². The van der Waals surface area contributed by atoms with Gasteiger partial charge in [0, 0.05) is 6.07 Å². The first kappa shape index (κ1) is 14.0. The van der Waals surface area contributed by atoms with Crippen LogP contribution in [0, 0.1) is 15.5 Å². The fraction of sp³-hybridized carbons (Fsp3) is 0.417. The molecule has 98 valence electrons. The van der Waals surface area contributed by atoms with Crippen LogP contribution in [0.2, 0.25) is 0 Å². The van der Waals surface area contributed by atoms with Crippen molar-refractivity contribution < 1.29 is 19.9 Å². The zero-order valence-corrected chi connectivity index (χ0v) is 10.2. The molecular formula is C12H15NO5. The van der Waals surface area contributed by atoms with Gasteiger partial charge in [-0.2, -0.15) is 0 Å². The number of phenols is 1. The Morgan fingerprint density at radius 1 is 1.44 bits per heavy atom. The second-order valence-corrected chi connectivity index (χ2v) is 4.77. The highest BCUT2D eigenvalue weighted by atomic mass is 16.6. The summed E-state index contributed by atoms with van der Waals surface area (Å²) in [5.74, 6) is -1.29. The molecule has 0 aliphatic heterocycles. The van der Waals surface area contributed by atoms with E-state index in [2.05, 4.69) is 0 Å². The molecule has 18 heavy (non-hydrogen) atoms. The van der Waals surface area contributed by atoms with E-state index in [1.54, 1.807) is 13.8 Å². The average Bonchev–Trinajstić information content (AvgIpc) is 2.25. The highest BCUT2D eigenvalue weighted by Crippen LogP contribution is 2.29. The minimum absolute atomic E-state index is 0.351. The van der Waals surface area contributed by atoms with E-state index in [1.807, 2.05) is 0 Å². The minimum atomic E-state index is -0.895. The van der Waals surface area contributed by atoms with Crippen molar-refractivity contribution >= 4 is 11.7 Å². The molecule has 0 heterocycles. The number of hydrogen-bond acceptors (Lipinski definition) is 4. The number of nitrogens with zero attached hydrogens (tertiary/aromatic N) is 1. The molecule has 0 aromatic heterocycles. The van der Waals surface area contributed by atoms with E-state index < -0.39 is 22.1 Å². The number of benzene rings is 1. The predicted octanol–water partition coefficient (Wildman–Crippen LogP) is 2.34. The SMILES string of the molecule is CC(C)(CCc1ccc([N+](=O)[O-])c(O)c1)C(=O)O. The van der Waals surface area contributed by atoms with Crippen LogP contribution in [0.25, 0.3) is 0 Å². The van der Waals surface area contributed by atoms with Crippen molar-refractivity contribution in [1.82, 2.24) is 0 Å². The third kappa shape index (κ3) is 3.19. The summed E-state index contributed by atoms with van der Waals surface area (Å²) in [6.07, 6.45) is 0.824. The maximum absolute atomic E-state index is 10.9. The molecule has 0 radical (unpaired) electrons. The van der Waals surface area contributed by atoms with Crippen molar-refractivity contribution in [2.24, 2.45) is 5.41 Å². The molecule has 2 N–H and O–H groups in total. The van der Waals surface area contributed by atoms with Gasteiger partial charge in [-0.1, -0.05) is 6.07 Å². The molecule has 0 aliphatic rings. The molecular weight excluding hydrogens is 238 g/mol. The highest BCUT2D eigenvalue weighted by molar-refractivity contribution is 5.73. The molecule has 0 saturated heterocycles. The molecule has 1 aromatic rings. The summed E-state index contributed by atoms with van der Waals surface area (Å²) < 4.78 is 0. The van der Waals surface area contributed by atoms with Crippen LogP contribution in [-0.4, -0.2) is 21.1 Å². The zero-order chi connectivity index (χ0) is 13.9. The van der Waals surface area contributed by atoms with Gasteiger partial charge in [0.2, 0.25) is 0 Å². The van der Waals surface area contributed by atoms with Gasteiger partial charge in [0.1, 0.15) is 0 Å². The standard InChI is InChI=1S/C12H15NO5/c1-12(2,11(15)16)6-5-8-3-4-9(13(17)18)10(14)7-8/h3-4,7,14H,5-6H2,1-2H3,(H,15,16). The molecule has 0 atom stereocenters. The number of carboxylic acid groups (broad SMARTS) is 1. The van der Waals surface area contributed by atoms with E-state index in [-0.39, 0.29) is 5.69 Å². The molecule has 0 aliphatic carbocycles. The van der Waals surface area contributed by atoms with Crippen molar-refractivity contribution in [3.8, 4) is 5.75 Å². The summed E-state index contributed by atoms with van der Waals surface area (Å²) >= 11 is 0. The summed E-state index contributed by atoms with van der Waals surface area (Å²) in [5, 5.41) is 28.9. The summed E-state index contributed by atoms with van der Waals surface area (Å²) in [4.78, 5) is 20.8. The van der Waals surface area contributed by atoms with Crippen molar-refractivity contribution in [3.63, 3.8) is 0 Å². The average molecular weight is 253 g/mol. The fourth-order valence-electron chi connectivity index (χ4n) is 1.44. The Morgan fingerprint density at radius 3 is 2.50 bits per heavy atom. The Kier molecular flexibility index (Phi) is 3.90. The number of rotatable bonds is 5. The number of nitro benzene ring substituents is 1. The van der Waals surface area contributed by atoms with Gasteiger partial charge < -0.3 is 10.2 Å². The number of carbonyl (C=O) groups is 1. The summed E-state index contributed by atoms with van der Waals surface area (Å²) in [6, 6.07) is 4.05. The fourth-order valence-corrected chi connectivity index (χ4v) is 1.44. The number of aromatic hydroxyl groups is 1. The molecule has 0 spiro atoms. The predicted molar refractivity (Wildman–Crippen MR) is 64.5 cm³/mol. The van der Waals surface area contributed by atoms with E-state index in [9.17, 15) is 20.0 Å². The topological polar surface area (TPSA) is 101 Å². The monoisotopic (exact) mass is 253 g/mol. The quantitative estimate of drug-likeness (QED) is 0.619. The van der Waals surface area contributed by atoms with Gasteiger partial charge in [-0.05, 0) is 38.3 Å².